The summed E-state index contributed by atoms with van der Waals surface area (Å²) >= 11 is 0. The number of aliphatic hydroxyl groups is 1. The van der Waals surface area contributed by atoms with E-state index in [2.05, 4.69) is 39.9 Å². The Hall–Kier alpha value is -3.75. The second kappa shape index (κ2) is 11.8. The SMILES string of the molecule is CC(C)(CCc1ccc(C(=O)NCc2ccccc2)cc1)NC[C@H](O)COc1cccc2n[nH]nc12. The van der Waals surface area contributed by atoms with Gasteiger partial charge in [0.05, 0.1) is 0 Å². The molecule has 0 bridgehead atoms. The van der Waals surface area contributed by atoms with Crippen molar-refractivity contribution in [3.8, 4) is 5.75 Å². The van der Waals surface area contributed by atoms with Crippen LogP contribution in [0.15, 0.2) is 72.8 Å². The van der Waals surface area contributed by atoms with Gasteiger partial charge in [0.15, 0.2) is 5.52 Å². The van der Waals surface area contributed by atoms with Crippen molar-refractivity contribution in [1.29, 1.82) is 0 Å². The molecule has 4 aromatic rings. The monoisotopic (exact) mass is 487 g/mol. The van der Waals surface area contributed by atoms with Gasteiger partial charge in [0.2, 0.25) is 0 Å². The topological polar surface area (TPSA) is 112 Å². The molecule has 0 fully saturated rings. The molecular formula is C28H33N5O3. The maximum Gasteiger partial charge on any atom is 0.251 e. The van der Waals surface area contributed by atoms with Gasteiger partial charge < -0.3 is 20.5 Å². The van der Waals surface area contributed by atoms with Crippen molar-refractivity contribution in [3.05, 3.63) is 89.5 Å². The van der Waals surface area contributed by atoms with Gasteiger partial charge in [-0.25, -0.2) is 0 Å². The van der Waals surface area contributed by atoms with Crippen molar-refractivity contribution in [2.75, 3.05) is 13.2 Å². The van der Waals surface area contributed by atoms with E-state index in [0.717, 1.165) is 29.5 Å². The third kappa shape index (κ3) is 7.13. The van der Waals surface area contributed by atoms with Crippen molar-refractivity contribution >= 4 is 16.9 Å². The van der Waals surface area contributed by atoms with Crippen LogP contribution in [0.3, 0.4) is 0 Å². The summed E-state index contributed by atoms with van der Waals surface area (Å²) in [5, 5.41) is 27.5. The summed E-state index contributed by atoms with van der Waals surface area (Å²) in [6, 6.07) is 23.1. The number of nitrogens with one attached hydrogen (secondary N) is 3. The number of para-hydroxylation sites is 1. The maximum absolute atomic E-state index is 12.4. The molecule has 0 unspecified atom stereocenters. The Kier molecular flexibility index (Phi) is 8.30. The summed E-state index contributed by atoms with van der Waals surface area (Å²) in [7, 11) is 0. The molecule has 8 nitrogen and oxygen atoms in total. The fraction of sp³-hybridized carbons (Fsp3) is 0.321. The van der Waals surface area contributed by atoms with E-state index in [1.807, 2.05) is 72.8 Å². The molecule has 4 rings (SSSR count). The Bertz CT molecular complexity index is 1260. The molecule has 1 aromatic heterocycles. The first-order valence-corrected chi connectivity index (χ1v) is 12.2. The predicted octanol–water partition coefficient (Wildman–Crippen LogP) is 3.63. The number of ether oxygens (including phenoxy) is 1. The van der Waals surface area contributed by atoms with E-state index >= 15 is 0 Å². The number of hydrogen-bond donors (Lipinski definition) is 4. The normalized spacial score (nSPS) is 12.4. The van der Waals surface area contributed by atoms with Crippen molar-refractivity contribution < 1.29 is 14.6 Å². The molecule has 0 radical (unpaired) electrons. The molecule has 0 saturated heterocycles. The largest absolute Gasteiger partial charge is 0.488 e. The van der Waals surface area contributed by atoms with Crippen LogP contribution in [0.25, 0.3) is 11.0 Å². The highest BCUT2D eigenvalue weighted by molar-refractivity contribution is 5.94. The number of β-amino-alcohol motifs (C(OH)–C–C–N with tert-alkyl or cyclic N) is 1. The van der Waals surface area contributed by atoms with E-state index in [0.29, 0.717) is 29.9 Å². The van der Waals surface area contributed by atoms with Crippen molar-refractivity contribution in [1.82, 2.24) is 26.0 Å². The molecule has 1 amide bonds. The number of aryl methyl sites for hydroxylation is 1. The maximum atomic E-state index is 12.4. The fourth-order valence-electron chi connectivity index (χ4n) is 3.85. The summed E-state index contributed by atoms with van der Waals surface area (Å²) in [6.45, 7) is 5.30. The smallest absolute Gasteiger partial charge is 0.251 e. The number of carbonyl (C=O) groups excluding carboxylic acids is 1. The number of fused-ring (bicyclic) bond motifs is 1. The molecule has 8 heteroatoms. The predicted molar refractivity (Wildman–Crippen MR) is 140 cm³/mol. The first-order valence-electron chi connectivity index (χ1n) is 12.2. The highest BCUT2D eigenvalue weighted by atomic mass is 16.5. The van der Waals surface area contributed by atoms with Crippen molar-refractivity contribution in [2.45, 2.75) is 44.9 Å². The average molecular weight is 488 g/mol. The van der Waals surface area contributed by atoms with E-state index < -0.39 is 6.10 Å². The van der Waals surface area contributed by atoms with Gasteiger partial charge in [-0.2, -0.15) is 15.4 Å². The van der Waals surface area contributed by atoms with Crippen LogP contribution in [0.1, 0.15) is 41.8 Å². The molecule has 0 aliphatic heterocycles. The number of rotatable bonds is 12. The minimum atomic E-state index is -0.667. The van der Waals surface area contributed by atoms with Crippen molar-refractivity contribution in [3.63, 3.8) is 0 Å². The third-order valence-electron chi connectivity index (χ3n) is 6.11. The lowest BCUT2D eigenvalue weighted by molar-refractivity contribution is 0.0951. The van der Waals surface area contributed by atoms with Gasteiger partial charge in [0.25, 0.3) is 5.91 Å². The van der Waals surface area contributed by atoms with Crippen LogP contribution in [0.4, 0.5) is 0 Å². The van der Waals surface area contributed by atoms with E-state index in [1.54, 1.807) is 0 Å². The Balaban J connectivity index is 1.19. The minimum Gasteiger partial charge on any atom is -0.488 e. The summed E-state index contributed by atoms with van der Waals surface area (Å²) in [5.74, 6) is 0.514. The lowest BCUT2D eigenvalue weighted by Crippen LogP contribution is -2.45. The first kappa shape index (κ1) is 25.3. The van der Waals surface area contributed by atoms with Crippen LogP contribution in [0.5, 0.6) is 5.75 Å². The van der Waals surface area contributed by atoms with E-state index in [-0.39, 0.29) is 18.1 Å². The Labute approximate surface area is 211 Å². The fourth-order valence-corrected chi connectivity index (χ4v) is 3.85. The second-order valence-corrected chi connectivity index (χ2v) is 9.54. The summed E-state index contributed by atoms with van der Waals surface area (Å²) in [5.41, 5.74) is 4.07. The Morgan fingerprint density at radius 2 is 1.78 bits per heavy atom. The number of H-pyrrole nitrogens is 1. The molecule has 0 saturated carbocycles. The number of amides is 1. The van der Waals surface area contributed by atoms with Crippen molar-refractivity contribution in [2.24, 2.45) is 0 Å². The summed E-state index contributed by atoms with van der Waals surface area (Å²) < 4.78 is 5.76. The third-order valence-corrected chi connectivity index (χ3v) is 6.11. The first-order chi connectivity index (χ1) is 17.4. The molecule has 3 aromatic carbocycles. The zero-order valence-corrected chi connectivity index (χ0v) is 20.7. The molecule has 4 N–H and O–H groups in total. The van der Waals surface area contributed by atoms with E-state index in [9.17, 15) is 9.90 Å². The Morgan fingerprint density at radius 3 is 2.56 bits per heavy atom. The van der Waals surface area contributed by atoms with Crippen LogP contribution in [0, 0.1) is 0 Å². The zero-order valence-electron chi connectivity index (χ0n) is 20.7. The summed E-state index contributed by atoms with van der Waals surface area (Å²) in [6.07, 6.45) is 1.06. The average Bonchev–Trinajstić information content (AvgIpc) is 3.39. The van der Waals surface area contributed by atoms with Crippen LogP contribution in [-0.4, -0.2) is 51.2 Å². The zero-order chi connectivity index (χ0) is 25.4. The lowest BCUT2D eigenvalue weighted by Gasteiger charge is -2.28. The van der Waals surface area contributed by atoms with Gasteiger partial charge in [0.1, 0.15) is 24.0 Å². The molecule has 0 aliphatic carbocycles. The van der Waals surface area contributed by atoms with Gasteiger partial charge in [-0.15, -0.1) is 0 Å². The molecule has 188 valence electrons. The van der Waals surface area contributed by atoms with Gasteiger partial charge in [-0.3, -0.25) is 4.79 Å². The minimum absolute atomic E-state index is 0.0802. The molecule has 0 aliphatic rings. The molecule has 36 heavy (non-hydrogen) atoms. The number of aromatic nitrogens is 3. The Morgan fingerprint density at radius 1 is 1.00 bits per heavy atom. The lowest BCUT2D eigenvalue weighted by atomic mass is 9.94. The highest BCUT2D eigenvalue weighted by Gasteiger charge is 2.19. The van der Waals surface area contributed by atoms with Gasteiger partial charge in [0, 0.05) is 24.2 Å². The number of nitrogens with zero attached hydrogens (tertiary/aromatic N) is 2. The highest BCUT2D eigenvalue weighted by Crippen LogP contribution is 2.21. The van der Waals surface area contributed by atoms with E-state index in [1.165, 1.54) is 0 Å². The number of benzene rings is 3. The van der Waals surface area contributed by atoms with Gasteiger partial charge >= 0.3 is 0 Å². The number of aromatic amines is 1. The van der Waals surface area contributed by atoms with Crippen LogP contribution < -0.4 is 15.4 Å². The molecule has 0 spiro atoms. The second-order valence-electron chi connectivity index (χ2n) is 9.54. The number of hydrogen-bond acceptors (Lipinski definition) is 6. The molecular weight excluding hydrogens is 454 g/mol. The van der Waals surface area contributed by atoms with Crippen LogP contribution in [0.2, 0.25) is 0 Å². The number of carbonyl (C=O) groups is 1. The van der Waals surface area contributed by atoms with E-state index in [4.69, 9.17) is 4.74 Å². The van der Waals surface area contributed by atoms with Gasteiger partial charge in [-0.1, -0.05) is 48.5 Å². The van der Waals surface area contributed by atoms with Gasteiger partial charge in [-0.05, 0) is 62.1 Å². The molecule has 1 heterocycles. The van der Waals surface area contributed by atoms with Crippen LogP contribution in [-0.2, 0) is 13.0 Å². The molecule has 1 atom stereocenters. The van der Waals surface area contributed by atoms with Crippen LogP contribution >= 0.6 is 0 Å². The quantitative estimate of drug-likeness (QED) is 0.243. The number of aliphatic hydroxyl groups excluding tert-OH is 1. The standard InChI is InChI=1S/C28H33N5O3/c1-28(2,30-18-23(34)19-36-25-10-6-9-24-26(25)32-33-31-24)16-15-20-11-13-22(14-12-20)27(35)29-17-21-7-4-3-5-8-21/h3-14,23,30,34H,15-19H2,1-2H3,(H,29,35)(H,31,32,33)/t23-/m0/s1. The summed E-state index contributed by atoms with van der Waals surface area (Å²) in [4.78, 5) is 12.4.